The minimum Gasteiger partial charge on any atom is -0.494 e. The number of aliphatic hydroxyl groups is 1. The summed E-state index contributed by atoms with van der Waals surface area (Å²) in [6.07, 6.45) is 1.82. The van der Waals surface area contributed by atoms with Gasteiger partial charge in [-0.25, -0.2) is 22.8 Å². The Bertz CT molecular complexity index is 1940. The second kappa shape index (κ2) is 11.1. The molecule has 16 heteroatoms. The highest BCUT2D eigenvalue weighted by atomic mass is 35.5. The summed E-state index contributed by atoms with van der Waals surface area (Å²) in [5.41, 5.74) is -0.105. The zero-order valence-corrected chi connectivity index (χ0v) is 24.9. The zero-order chi connectivity index (χ0) is 33.3. The van der Waals surface area contributed by atoms with Crippen molar-refractivity contribution in [2.75, 3.05) is 20.3 Å². The van der Waals surface area contributed by atoms with Gasteiger partial charge in [0.1, 0.15) is 51.9 Å². The number of alkyl halides is 2. The predicted octanol–water partition coefficient (Wildman–Crippen LogP) is 4.74. The van der Waals surface area contributed by atoms with Gasteiger partial charge in [-0.1, -0.05) is 11.6 Å². The van der Waals surface area contributed by atoms with Crippen LogP contribution in [0.25, 0.3) is 22.2 Å². The van der Waals surface area contributed by atoms with Crippen molar-refractivity contribution < 1.29 is 46.1 Å². The van der Waals surface area contributed by atoms with Gasteiger partial charge in [0.05, 0.1) is 24.2 Å². The Balaban J connectivity index is 1.44. The first-order chi connectivity index (χ1) is 21.7. The third-order valence-corrected chi connectivity index (χ3v) is 8.70. The van der Waals surface area contributed by atoms with Crippen LogP contribution >= 0.6 is 11.6 Å². The molecule has 10 nitrogen and oxygen atoms in total. The molecule has 6 rings (SSSR count). The summed E-state index contributed by atoms with van der Waals surface area (Å²) in [6, 6.07) is 3.97. The molecule has 1 aliphatic heterocycles. The van der Waals surface area contributed by atoms with Crippen LogP contribution in [0.3, 0.4) is 0 Å². The van der Waals surface area contributed by atoms with Crippen LogP contribution in [0.4, 0.5) is 22.0 Å². The van der Waals surface area contributed by atoms with E-state index in [1.165, 1.54) is 26.2 Å². The van der Waals surface area contributed by atoms with Crippen LogP contribution in [0.1, 0.15) is 47.9 Å². The maximum atomic E-state index is 16.6. The lowest BCUT2D eigenvalue weighted by Crippen LogP contribution is -2.45. The summed E-state index contributed by atoms with van der Waals surface area (Å²) in [5.74, 6) is -6.06. The predicted molar refractivity (Wildman–Crippen MR) is 153 cm³/mol. The zero-order valence-electron chi connectivity index (χ0n) is 24.1. The normalized spacial score (nSPS) is 18.7. The third-order valence-electron chi connectivity index (χ3n) is 8.41. The number of hydrogen-bond donors (Lipinski definition) is 3. The van der Waals surface area contributed by atoms with Gasteiger partial charge in [-0.15, -0.1) is 0 Å². The average molecular weight is 666 g/mol. The number of aromatic nitrogens is 3. The molecule has 0 saturated heterocycles. The number of hydrogen-bond acceptors (Lipinski definition) is 7. The number of amides is 2. The quantitative estimate of drug-likeness (QED) is 0.173. The van der Waals surface area contributed by atoms with Gasteiger partial charge in [-0.2, -0.15) is 13.9 Å². The molecule has 1 unspecified atom stereocenters. The van der Waals surface area contributed by atoms with Crippen molar-refractivity contribution in [3.63, 3.8) is 0 Å². The summed E-state index contributed by atoms with van der Waals surface area (Å²) >= 11 is 5.93. The molecular formula is C30H25ClF5N5O5. The number of nitrogens with one attached hydrogen (secondary N) is 1. The van der Waals surface area contributed by atoms with Gasteiger partial charge in [-0.3, -0.25) is 9.59 Å². The summed E-state index contributed by atoms with van der Waals surface area (Å²) in [6.45, 7) is -2.68. The van der Waals surface area contributed by atoms with Crippen LogP contribution in [0.15, 0.2) is 30.5 Å². The molecule has 4 aromatic rings. The second-order valence-corrected chi connectivity index (χ2v) is 11.8. The number of carbonyl (C=O) groups excluding carboxylic acids is 2. The Morgan fingerprint density at radius 2 is 1.96 bits per heavy atom. The van der Waals surface area contributed by atoms with Crippen molar-refractivity contribution in [1.29, 1.82) is 0 Å². The smallest absolute Gasteiger partial charge is 0.333 e. The first-order valence-electron chi connectivity index (χ1n) is 13.9. The van der Waals surface area contributed by atoms with Gasteiger partial charge in [0, 0.05) is 28.8 Å². The lowest BCUT2D eigenvalue weighted by Gasteiger charge is -2.30. The third kappa shape index (κ3) is 4.97. The van der Waals surface area contributed by atoms with E-state index >= 15 is 8.78 Å². The van der Waals surface area contributed by atoms with Crippen molar-refractivity contribution in [2.24, 2.45) is 11.7 Å². The van der Waals surface area contributed by atoms with Crippen molar-refractivity contribution in [1.82, 2.24) is 20.1 Å². The number of rotatable bonds is 9. The molecule has 1 fully saturated rings. The minimum absolute atomic E-state index is 0.0289. The summed E-state index contributed by atoms with van der Waals surface area (Å²) in [7, 11) is 1.27. The number of primary amides is 1. The number of benzene rings is 2. The lowest BCUT2D eigenvalue weighted by atomic mass is 9.80. The van der Waals surface area contributed by atoms with Crippen LogP contribution < -0.4 is 20.5 Å². The molecule has 2 amide bonds. The number of nitrogens with two attached hydrogens (primary N) is 1. The molecule has 4 N–H and O–H groups in total. The van der Waals surface area contributed by atoms with Crippen molar-refractivity contribution in [3.8, 4) is 22.8 Å². The molecule has 0 spiro atoms. The Morgan fingerprint density at radius 1 is 1.24 bits per heavy atom. The first kappa shape index (κ1) is 31.5. The highest BCUT2D eigenvalue weighted by Gasteiger charge is 2.53. The van der Waals surface area contributed by atoms with Crippen LogP contribution in [-0.4, -0.2) is 51.9 Å². The topological polar surface area (TPSA) is 142 Å². The van der Waals surface area contributed by atoms with E-state index in [2.05, 4.69) is 15.4 Å². The fraction of sp³-hybridized carbons (Fsp3) is 0.333. The summed E-state index contributed by atoms with van der Waals surface area (Å²) in [4.78, 5) is 30.2. The molecule has 2 aromatic heterocycles. The number of fused-ring (bicyclic) bond motifs is 2. The van der Waals surface area contributed by atoms with E-state index in [1.807, 2.05) is 0 Å². The van der Waals surface area contributed by atoms with Crippen LogP contribution in [0.2, 0.25) is 5.02 Å². The molecule has 2 aliphatic rings. The Kier molecular flexibility index (Phi) is 7.59. The molecule has 0 bridgehead atoms. The summed E-state index contributed by atoms with van der Waals surface area (Å²) < 4.78 is 83.5. The number of halogens is 6. The maximum Gasteiger partial charge on any atom is 0.333 e. The second-order valence-electron chi connectivity index (χ2n) is 11.4. The highest BCUT2D eigenvalue weighted by molar-refractivity contribution is 6.31. The molecular weight excluding hydrogens is 641 g/mol. The monoisotopic (exact) mass is 665 g/mol. The minimum atomic E-state index is -2.94. The van der Waals surface area contributed by atoms with Crippen LogP contribution in [0, 0.1) is 23.4 Å². The molecule has 2 atom stereocenters. The molecule has 1 saturated carbocycles. The molecule has 0 radical (unpaired) electrons. The van der Waals surface area contributed by atoms with Crippen molar-refractivity contribution >= 4 is 34.3 Å². The van der Waals surface area contributed by atoms with Crippen molar-refractivity contribution in [3.05, 3.63) is 69.8 Å². The van der Waals surface area contributed by atoms with Gasteiger partial charge in [0.15, 0.2) is 11.6 Å². The van der Waals surface area contributed by atoms with E-state index in [0.717, 1.165) is 12.3 Å². The number of ether oxygens (including phenoxy) is 2. The standard InChI is InChI=1S/C30H25ClF5N5O5/c1-29(27(37)43)11-46-24-20(29)21(34)25(39-23(24)15-7-16(31)18(33)8-17(15)32)30(44,14-3-4-14)10-38-26(42)12-5-13-9-41(28(35)36)40-22(13)19(6-12)45-2/h5-9,14,28,44H,3-4,10-11H2,1-2H3,(H2,37,43)(H,38,42)/t29-,30?/m0/s1. The molecule has 242 valence electrons. The fourth-order valence-electron chi connectivity index (χ4n) is 5.65. The SMILES string of the molecule is COc1cc(C(=O)NCC(O)(c2nc(-c3cc(Cl)c(F)cc3F)c3c(c2F)[C@@](C)(C(N)=O)CO3)C2CC2)cc2cn(C(F)F)nc12. The fourth-order valence-corrected chi connectivity index (χ4v) is 5.81. The Hall–Kier alpha value is -4.50. The molecule has 3 heterocycles. The number of nitrogens with zero attached hydrogens (tertiary/aromatic N) is 3. The van der Waals surface area contributed by atoms with E-state index in [1.54, 1.807) is 0 Å². The Labute approximate surface area is 262 Å². The van der Waals surface area contributed by atoms with Gasteiger partial charge >= 0.3 is 6.55 Å². The van der Waals surface area contributed by atoms with E-state index in [4.69, 9.17) is 26.8 Å². The molecule has 46 heavy (non-hydrogen) atoms. The molecule has 1 aliphatic carbocycles. The van der Waals surface area contributed by atoms with E-state index < -0.39 is 87.7 Å². The number of carbonyl (C=O) groups is 2. The van der Waals surface area contributed by atoms with Crippen LogP contribution in [0.5, 0.6) is 11.5 Å². The van der Waals surface area contributed by atoms with Crippen LogP contribution in [-0.2, 0) is 15.8 Å². The number of pyridine rings is 1. The maximum absolute atomic E-state index is 16.6. The molecule has 2 aromatic carbocycles. The van der Waals surface area contributed by atoms with E-state index in [9.17, 15) is 27.9 Å². The summed E-state index contributed by atoms with van der Waals surface area (Å²) in [5, 5.41) is 18.0. The van der Waals surface area contributed by atoms with Gasteiger partial charge in [-0.05, 0) is 43.9 Å². The first-order valence-corrected chi connectivity index (χ1v) is 14.2. The van der Waals surface area contributed by atoms with Gasteiger partial charge in [0.2, 0.25) is 5.91 Å². The lowest BCUT2D eigenvalue weighted by molar-refractivity contribution is -0.123. The number of methoxy groups -OCH3 is 1. The Morgan fingerprint density at radius 3 is 2.59 bits per heavy atom. The highest BCUT2D eigenvalue weighted by Crippen LogP contribution is 2.52. The van der Waals surface area contributed by atoms with E-state index in [0.29, 0.717) is 23.6 Å². The van der Waals surface area contributed by atoms with Gasteiger partial charge < -0.3 is 25.6 Å². The van der Waals surface area contributed by atoms with E-state index in [-0.39, 0.29) is 33.7 Å². The van der Waals surface area contributed by atoms with Crippen molar-refractivity contribution in [2.45, 2.75) is 37.3 Å². The average Bonchev–Trinajstić information content (AvgIpc) is 3.68. The van der Waals surface area contributed by atoms with Gasteiger partial charge in [0.25, 0.3) is 5.91 Å². The largest absolute Gasteiger partial charge is 0.494 e.